The van der Waals surface area contributed by atoms with Gasteiger partial charge in [-0.05, 0) is 25.0 Å². The topological polar surface area (TPSA) is 12.5 Å². The van der Waals surface area contributed by atoms with Gasteiger partial charge in [-0.15, -0.1) is 0 Å². The van der Waals surface area contributed by atoms with Crippen LogP contribution >= 0.6 is 0 Å². The molecule has 0 atom stereocenters. The van der Waals surface area contributed by atoms with Crippen LogP contribution in [0.2, 0.25) is 0 Å². The van der Waals surface area contributed by atoms with E-state index in [1.165, 1.54) is 12.0 Å². The lowest BCUT2D eigenvalue weighted by molar-refractivity contribution is 0.220. The number of para-hydroxylation sites is 1. The van der Waals surface area contributed by atoms with Crippen molar-refractivity contribution in [1.29, 1.82) is 0 Å². The first-order valence-corrected chi connectivity index (χ1v) is 5.92. The van der Waals surface area contributed by atoms with E-state index in [0.29, 0.717) is 0 Å². The van der Waals surface area contributed by atoms with Crippen molar-refractivity contribution in [3.63, 3.8) is 0 Å². The summed E-state index contributed by atoms with van der Waals surface area (Å²) in [6.07, 6.45) is 5.65. The van der Waals surface area contributed by atoms with E-state index in [9.17, 15) is 0 Å². The highest BCUT2D eigenvalue weighted by molar-refractivity contribution is 5.31. The van der Waals surface area contributed by atoms with E-state index < -0.39 is 0 Å². The van der Waals surface area contributed by atoms with Crippen molar-refractivity contribution in [2.45, 2.75) is 13.3 Å². The molecular formula is C14H19NO. The van der Waals surface area contributed by atoms with Gasteiger partial charge in [0.1, 0.15) is 12.4 Å². The molecule has 0 N–H and O–H groups in total. The van der Waals surface area contributed by atoms with Crippen molar-refractivity contribution < 1.29 is 4.74 Å². The molecule has 0 radical (unpaired) electrons. The second-order valence-electron chi connectivity index (χ2n) is 4.17. The molecular weight excluding hydrogens is 198 g/mol. The number of ether oxygens (including phenoxy) is 1. The standard InChI is InChI=1S/C14H19NO/c1-13-7-3-4-8-14(13)16-12-11-15-9-5-2-6-10-15/h2-5,7-8H,6,9-12H2,1H3. The Kier molecular flexibility index (Phi) is 4.00. The molecule has 0 amide bonds. The van der Waals surface area contributed by atoms with Crippen LogP contribution in [0.25, 0.3) is 0 Å². The van der Waals surface area contributed by atoms with E-state index in [4.69, 9.17) is 4.74 Å². The summed E-state index contributed by atoms with van der Waals surface area (Å²) in [5.74, 6) is 1.01. The zero-order valence-electron chi connectivity index (χ0n) is 9.86. The van der Waals surface area contributed by atoms with E-state index in [0.717, 1.165) is 32.0 Å². The zero-order chi connectivity index (χ0) is 11.2. The first-order chi connectivity index (χ1) is 7.86. The van der Waals surface area contributed by atoms with Gasteiger partial charge in [-0.3, -0.25) is 4.90 Å². The lowest BCUT2D eigenvalue weighted by Gasteiger charge is -2.22. The third-order valence-corrected chi connectivity index (χ3v) is 2.90. The molecule has 2 heteroatoms. The summed E-state index contributed by atoms with van der Waals surface area (Å²) in [6, 6.07) is 8.17. The Hall–Kier alpha value is -1.28. The summed E-state index contributed by atoms with van der Waals surface area (Å²) in [6.45, 7) is 6.10. The maximum atomic E-state index is 5.77. The number of hydrogen-bond donors (Lipinski definition) is 0. The molecule has 0 unspecified atom stereocenters. The molecule has 0 saturated heterocycles. The summed E-state index contributed by atoms with van der Waals surface area (Å²) in [4.78, 5) is 2.41. The molecule has 0 aromatic heterocycles. The normalized spacial score (nSPS) is 16.3. The van der Waals surface area contributed by atoms with Crippen molar-refractivity contribution in [1.82, 2.24) is 4.90 Å². The van der Waals surface area contributed by atoms with Gasteiger partial charge >= 0.3 is 0 Å². The molecule has 0 spiro atoms. The quantitative estimate of drug-likeness (QED) is 0.719. The lowest BCUT2D eigenvalue weighted by atomic mass is 10.2. The Bertz CT molecular complexity index is 360. The summed E-state index contributed by atoms with van der Waals surface area (Å²) in [5.41, 5.74) is 1.21. The van der Waals surface area contributed by atoms with Crippen molar-refractivity contribution in [3.8, 4) is 5.75 Å². The Labute approximate surface area is 97.5 Å². The minimum atomic E-state index is 0.776. The van der Waals surface area contributed by atoms with Gasteiger partial charge in [0.25, 0.3) is 0 Å². The highest BCUT2D eigenvalue weighted by atomic mass is 16.5. The lowest BCUT2D eigenvalue weighted by Crippen LogP contribution is -2.31. The third kappa shape index (κ3) is 3.11. The Morgan fingerprint density at radius 3 is 2.88 bits per heavy atom. The number of benzene rings is 1. The molecule has 86 valence electrons. The molecule has 1 aliphatic rings. The Morgan fingerprint density at radius 1 is 1.25 bits per heavy atom. The monoisotopic (exact) mass is 217 g/mol. The first-order valence-electron chi connectivity index (χ1n) is 5.92. The number of rotatable bonds is 4. The third-order valence-electron chi connectivity index (χ3n) is 2.90. The zero-order valence-corrected chi connectivity index (χ0v) is 9.86. The van der Waals surface area contributed by atoms with Crippen LogP contribution in [0.15, 0.2) is 36.4 Å². The molecule has 16 heavy (non-hydrogen) atoms. The second kappa shape index (κ2) is 5.71. The fourth-order valence-electron chi connectivity index (χ4n) is 1.90. The number of nitrogens with zero attached hydrogens (tertiary/aromatic N) is 1. The van der Waals surface area contributed by atoms with E-state index in [2.05, 4.69) is 30.0 Å². The van der Waals surface area contributed by atoms with Crippen LogP contribution in [0.5, 0.6) is 5.75 Å². The SMILES string of the molecule is Cc1ccccc1OCCN1CC=CCC1. The van der Waals surface area contributed by atoms with Gasteiger partial charge in [-0.25, -0.2) is 0 Å². The molecule has 0 bridgehead atoms. The maximum absolute atomic E-state index is 5.77. The van der Waals surface area contributed by atoms with Crippen LogP contribution in [0.3, 0.4) is 0 Å². The van der Waals surface area contributed by atoms with Gasteiger partial charge < -0.3 is 4.74 Å². The van der Waals surface area contributed by atoms with E-state index in [-0.39, 0.29) is 0 Å². The molecule has 0 aliphatic carbocycles. The Morgan fingerprint density at radius 2 is 2.12 bits per heavy atom. The van der Waals surface area contributed by atoms with E-state index in [1.54, 1.807) is 0 Å². The van der Waals surface area contributed by atoms with Crippen molar-refractivity contribution in [3.05, 3.63) is 42.0 Å². The smallest absolute Gasteiger partial charge is 0.122 e. The van der Waals surface area contributed by atoms with Crippen LogP contribution in [0.4, 0.5) is 0 Å². The van der Waals surface area contributed by atoms with Gasteiger partial charge in [0.15, 0.2) is 0 Å². The van der Waals surface area contributed by atoms with E-state index >= 15 is 0 Å². The highest BCUT2D eigenvalue weighted by Crippen LogP contribution is 2.15. The Balaban J connectivity index is 1.75. The van der Waals surface area contributed by atoms with Crippen molar-refractivity contribution >= 4 is 0 Å². The minimum absolute atomic E-state index is 0.776. The summed E-state index contributed by atoms with van der Waals surface area (Å²) in [5, 5.41) is 0. The maximum Gasteiger partial charge on any atom is 0.122 e. The molecule has 2 nitrogen and oxygen atoms in total. The minimum Gasteiger partial charge on any atom is -0.492 e. The van der Waals surface area contributed by atoms with E-state index in [1.807, 2.05) is 18.2 Å². The predicted molar refractivity (Wildman–Crippen MR) is 66.9 cm³/mol. The highest BCUT2D eigenvalue weighted by Gasteiger charge is 2.05. The van der Waals surface area contributed by atoms with Crippen LogP contribution < -0.4 is 4.74 Å². The summed E-state index contributed by atoms with van der Waals surface area (Å²) in [7, 11) is 0. The number of hydrogen-bond acceptors (Lipinski definition) is 2. The molecule has 1 heterocycles. The van der Waals surface area contributed by atoms with Gasteiger partial charge in [-0.2, -0.15) is 0 Å². The fourth-order valence-corrected chi connectivity index (χ4v) is 1.90. The van der Waals surface area contributed by atoms with Gasteiger partial charge in [0.2, 0.25) is 0 Å². The molecule has 2 rings (SSSR count). The average Bonchev–Trinajstić information content (AvgIpc) is 2.33. The second-order valence-corrected chi connectivity index (χ2v) is 4.17. The van der Waals surface area contributed by atoms with Crippen molar-refractivity contribution in [2.24, 2.45) is 0 Å². The summed E-state index contributed by atoms with van der Waals surface area (Å²) < 4.78 is 5.77. The molecule has 0 fully saturated rings. The fraction of sp³-hybridized carbons (Fsp3) is 0.429. The van der Waals surface area contributed by atoms with Gasteiger partial charge in [-0.1, -0.05) is 30.4 Å². The van der Waals surface area contributed by atoms with Crippen LogP contribution in [0, 0.1) is 6.92 Å². The van der Waals surface area contributed by atoms with Crippen LogP contribution in [-0.4, -0.2) is 31.1 Å². The molecule has 0 saturated carbocycles. The molecule has 1 aliphatic heterocycles. The predicted octanol–water partition coefficient (Wildman–Crippen LogP) is 2.64. The summed E-state index contributed by atoms with van der Waals surface area (Å²) >= 11 is 0. The van der Waals surface area contributed by atoms with Gasteiger partial charge in [0.05, 0.1) is 0 Å². The largest absolute Gasteiger partial charge is 0.492 e. The van der Waals surface area contributed by atoms with Crippen LogP contribution in [-0.2, 0) is 0 Å². The van der Waals surface area contributed by atoms with Crippen LogP contribution in [0.1, 0.15) is 12.0 Å². The van der Waals surface area contributed by atoms with Crippen molar-refractivity contribution in [2.75, 3.05) is 26.2 Å². The molecule has 1 aromatic carbocycles. The van der Waals surface area contributed by atoms with Gasteiger partial charge in [0, 0.05) is 19.6 Å². The molecule has 1 aromatic rings. The average molecular weight is 217 g/mol. The first kappa shape index (κ1) is 11.2. The number of aryl methyl sites for hydroxylation is 1.